The minimum Gasteiger partial charge on any atom is -0.354 e. The number of rotatable bonds is 4. The number of aromatic amines is 1. The van der Waals surface area contributed by atoms with Crippen LogP contribution < -0.4 is 11.1 Å². The molecule has 0 radical (unpaired) electrons. The van der Waals surface area contributed by atoms with E-state index in [9.17, 15) is 9.59 Å². The molecule has 1 heterocycles. The molecule has 0 aromatic carbocycles. The van der Waals surface area contributed by atoms with Crippen molar-refractivity contribution < 1.29 is 9.59 Å². The molecule has 1 aromatic heterocycles. The molecule has 1 aromatic rings. The molecule has 1 saturated carbocycles. The maximum absolute atomic E-state index is 12.4. The van der Waals surface area contributed by atoms with Crippen LogP contribution in [-0.2, 0) is 0 Å². The Kier molecular flexibility index (Phi) is 5.98. The number of H-pyrrole nitrogens is 1. The van der Waals surface area contributed by atoms with E-state index in [0.29, 0.717) is 23.7 Å². The van der Waals surface area contributed by atoms with Gasteiger partial charge in [-0.15, -0.1) is 12.4 Å². The first-order chi connectivity index (χ1) is 9.45. The molecule has 1 amide bonds. The van der Waals surface area contributed by atoms with Gasteiger partial charge in [-0.2, -0.15) is 0 Å². The number of hydrogen-bond donors (Lipinski definition) is 3. The zero-order valence-corrected chi connectivity index (χ0v) is 13.6. The SMILES string of the molecule is CC(=O)c1c(C)[nH]c(C(=O)NC2CCCC2CN)c1C.Cl. The predicted molar refractivity (Wildman–Crippen MR) is 85.2 cm³/mol. The summed E-state index contributed by atoms with van der Waals surface area (Å²) in [5.41, 5.74) is 8.33. The van der Waals surface area contributed by atoms with E-state index in [1.165, 1.54) is 6.92 Å². The Morgan fingerprint density at radius 1 is 1.33 bits per heavy atom. The van der Waals surface area contributed by atoms with Gasteiger partial charge in [0.15, 0.2) is 5.78 Å². The molecule has 2 atom stereocenters. The fourth-order valence-corrected chi connectivity index (χ4v) is 3.25. The summed E-state index contributed by atoms with van der Waals surface area (Å²) in [6.07, 6.45) is 3.16. The van der Waals surface area contributed by atoms with Crippen molar-refractivity contribution >= 4 is 24.1 Å². The van der Waals surface area contributed by atoms with Crippen molar-refractivity contribution in [1.29, 1.82) is 0 Å². The first kappa shape index (κ1) is 17.7. The summed E-state index contributed by atoms with van der Waals surface area (Å²) in [7, 11) is 0. The van der Waals surface area contributed by atoms with Gasteiger partial charge in [-0.05, 0) is 51.6 Å². The van der Waals surface area contributed by atoms with E-state index in [0.717, 1.165) is 30.5 Å². The first-order valence-electron chi connectivity index (χ1n) is 7.16. The Hall–Kier alpha value is -1.33. The Morgan fingerprint density at radius 3 is 2.52 bits per heavy atom. The van der Waals surface area contributed by atoms with Crippen LogP contribution in [-0.4, -0.2) is 29.3 Å². The minimum absolute atomic E-state index is 0. The van der Waals surface area contributed by atoms with E-state index >= 15 is 0 Å². The van der Waals surface area contributed by atoms with Gasteiger partial charge in [0.25, 0.3) is 5.91 Å². The summed E-state index contributed by atoms with van der Waals surface area (Å²) in [4.78, 5) is 27.0. The highest BCUT2D eigenvalue weighted by atomic mass is 35.5. The summed E-state index contributed by atoms with van der Waals surface area (Å²) in [5, 5.41) is 3.05. The highest BCUT2D eigenvalue weighted by molar-refractivity contribution is 6.02. The molecule has 6 heteroatoms. The van der Waals surface area contributed by atoms with Gasteiger partial charge in [-0.3, -0.25) is 9.59 Å². The number of carbonyl (C=O) groups is 2. The van der Waals surface area contributed by atoms with E-state index in [4.69, 9.17) is 5.73 Å². The molecule has 5 nitrogen and oxygen atoms in total. The Morgan fingerprint density at radius 2 is 2.00 bits per heavy atom. The van der Waals surface area contributed by atoms with Gasteiger partial charge in [-0.25, -0.2) is 0 Å². The number of halogens is 1. The van der Waals surface area contributed by atoms with Crippen LogP contribution in [0, 0.1) is 19.8 Å². The van der Waals surface area contributed by atoms with E-state index in [1.54, 1.807) is 0 Å². The lowest BCUT2D eigenvalue weighted by atomic mass is 10.0. The van der Waals surface area contributed by atoms with Gasteiger partial charge in [0.05, 0.1) is 0 Å². The number of aromatic nitrogens is 1. The van der Waals surface area contributed by atoms with Gasteiger partial charge < -0.3 is 16.0 Å². The second kappa shape index (κ2) is 7.09. The van der Waals surface area contributed by atoms with E-state index in [1.807, 2.05) is 13.8 Å². The van der Waals surface area contributed by atoms with Crippen LogP contribution in [0.5, 0.6) is 0 Å². The zero-order chi connectivity index (χ0) is 14.9. The van der Waals surface area contributed by atoms with Crippen molar-refractivity contribution in [2.75, 3.05) is 6.54 Å². The Bertz CT molecular complexity index is 539. The topological polar surface area (TPSA) is 88.0 Å². The maximum atomic E-state index is 12.4. The summed E-state index contributed by atoms with van der Waals surface area (Å²) in [5.74, 6) is 0.210. The van der Waals surface area contributed by atoms with Crippen molar-refractivity contribution in [3.63, 3.8) is 0 Å². The smallest absolute Gasteiger partial charge is 0.268 e. The van der Waals surface area contributed by atoms with Crippen LogP contribution >= 0.6 is 12.4 Å². The van der Waals surface area contributed by atoms with Gasteiger partial charge in [0.2, 0.25) is 0 Å². The third-order valence-electron chi connectivity index (χ3n) is 4.29. The van der Waals surface area contributed by atoms with Gasteiger partial charge in [0.1, 0.15) is 5.69 Å². The Balaban J connectivity index is 0.00000220. The lowest BCUT2D eigenvalue weighted by Gasteiger charge is -2.19. The van der Waals surface area contributed by atoms with Crippen molar-refractivity contribution in [3.8, 4) is 0 Å². The average Bonchev–Trinajstić information content (AvgIpc) is 2.93. The van der Waals surface area contributed by atoms with E-state index in [2.05, 4.69) is 10.3 Å². The number of carbonyl (C=O) groups excluding carboxylic acids is 2. The largest absolute Gasteiger partial charge is 0.354 e. The fourth-order valence-electron chi connectivity index (χ4n) is 3.25. The van der Waals surface area contributed by atoms with E-state index in [-0.39, 0.29) is 30.1 Å². The van der Waals surface area contributed by atoms with Crippen molar-refractivity contribution in [3.05, 3.63) is 22.5 Å². The zero-order valence-electron chi connectivity index (χ0n) is 12.8. The number of Topliss-reactive ketones (excluding diaryl/α,β-unsaturated/α-hetero) is 1. The monoisotopic (exact) mass is 313 g/mol. The second-order valence-corrected chi connectivity index (χ2v) is 5.69. The number of nitrogens with one attached hydrogen (secondary N) is 2. The predicted octanol–water partition coefficient (Wildman–Crippen LogP) is 2.11. The summed E-state index contributed by atoms with van der Waals surface area (Å²) >= 11 is 0. The number of ketones is 1. The number of aryl methyl sites for hydroxylation is 1. The lowest BCUT2D eigenvalue weighted by Crippen LogP contribution is -2.40. The number of nitrogens with two attached hydrogens (primary N) is 1. The first-order valence-corrected chi connectivity index (χ1v) is 7.16. The summed E-state index contributed by atoms with van der Waals surface area (Å²) < 4.78 is 0. The van der Waals surface area contributed by atoms with Crippen LogP contribution in [0.15, 0.2) is 0 Å². The van der Waals surface area contributed by atoms with Gasteiger partial charge in [0, 0.05) is 17.3 Å². The van der Waals surface area contributed by atoms with Crippen LogP contribution in [0.4, 0.5) is 0 Å². The average molecular weight is 314 g/mol. The molecular formula is C15H24ClN3O2. The highest BCUT2D eigenvalue weighted by Gasteiger charge is 2.29. The maximum Gasteiger partial charge on any atom is 0.268 e. The Labute approximate surface area is 131 Å². The molecule has 1 fully saturated rings. The molecule has 0 saturated heterocycles. The number of amides is 1. The minimum atomic E-state index is -0.136. The van der Waals surface area contributed by atoms with Gasteiger partial charge in [-0.1, -0.05) is 6.42 Å². The third-order valence-corrected chi connectivity index (χ3v) is 4.29. The molecule has 0 spiro atoms. The summed E-state index contributed by atoms with van der Waals surface area (Å²) in [6, 6.07) is 0.149. The van der Waals surface area contributed by atoms with Crippen LogP contribution in [0.2, 0.25) is 0 Å². The molecule has 0 bridgehead atoms. The fraction of sp³-hybridized carbons (Fsp3) is 0.600. The van der Waals surface area contributed by atoms with Crippen LogP contribution in [0.1, 0.15) is 58.3 Å². The molecule has 0 aliphatic heterocycles. The number of hydrogen-bond acceptors (Lipinski definition) is 3. The quantitative estimate of drug-likeness (QED) is 0.744. The standard InChI is InChI=1S/C15H23N3O2.ClH/c1-8-13(10(3)19)9(2)17-14(8)15(20)18-12-6-4-5-11(12)7-16;/h11-12,17H,4-7,16H2,1-3H3,(H,18,20);1H. The van der Waals surface area contributed by atoms with Crippen molar-refractivity contribution in [1.82, 2.24) is 10.3 Å². The molecule has 1 aliphatic rings. The highest BCUT2D eigenvalue weighted by Crippen LogP contribution is 2.25. The molecule has 2 unspecified atom stereocenters. The molecule has 1 aliphatic carbocycles. The lowest BCUT2D eigenvalue weighted by molar-refractivity contribution is 0.0923. The molecule has 118 valence electrons. The normalized spacial score (nSPS) is 21.0. The molecular weight excluding hydrogens is 290 g/mol. The summed E-state index contributed by atoms with van der Waals surface area (Å²) in [6.45, 7) is 5.75. The third kappa shape index (κ3) is 3.47. The van der Waals surface area contributed by atoms with Crippen LogP contribution in [0.25, 0.3) is 0 Å². The second-order valence-electron chi connectivity index (χ2n) is 5.69. The van der Waals surface area contributed by atoms with Crippen molar-refractivity contribution in [2.45, 2.75) is 46.1 Å². The van der Waals surface area contributed by atoms with Crippen LogP contribution in [0.3, 0.4) is 0 Å². The van der Waals surface area contributed by atoms with Gasteiger partial charge >= 0.3 is 0 Å². The molecule has 2 rings (SSSR count). The van der Waals surface area contributed by atoms with Crippen molar-refractivity contribution in [2.24, 2.45) is 11.7 Å². The van der Waals surface area contributed by atoms with E-state index < -0.39 is 0 Å². The molecule has 21 heavy (non-hydrogen) atoms. The molecule has 4 N–H and O–H groups in total.